The molecular weight excluding hydrogens is 382 g/mol. The molecule has 8 nitrogen and oxygen atoms in total. The summed E-state index contributed by atoms with van der Waals surface area (Å²) in [6.07, 6.45) is 0.640. The molecule has 0 saturated carbocycles. The molecule has 28 heavy (non-hydrogen) atoms. The lowest BCUT2D eigenvalue weighted by Gasteiger charge is -2.06. The SMILES string of the molecule is COCCCNC(=O)Cn1c(=O)n(S(=O)(=O)c2ccccc2)c2ccccc21. The van der Waals surface area contributed by atoms with E-state index in [4.69, 9.17) is 4.74 Å². The summed E-state index contributed by atoms with van der Waals surface area (Å²) >= 11 is 0. The second kappa shape index (κ2) is 8.41. The van der Waals surface area contributed by atoms with Gasteiger partial charge in [0.2, 0.25) is 5.91 Å². The van der Waals surface area contributed by atoms with E-state index in [1.807, 2.05) is 0 Å². The van der Waals surface area contributed by atoms with Crippen molar-refractivity contribution in [1.82, 2.24) is 13.9 Å². The van der Waals surface area contributed by atoms with E-state index in [0.29, 0.717) is 25.1 Å². The maximum absolute atomic E-state index is 13.0. The molecule has 0 aliphatic rings. The van der Waals surface area contributed by atoms with Crippen LogP contribution < -0.4 is 11.0 Å². The lowest BCUT2D eigenvalue weighted by atomic mass is 10.3. The summed E-state index contributed by atoms with van der Waals surface area (Å²) in [6.45, 7) is 0.640. The van der Waals surface area contributed by atoms with Crippen LogP contribution in [0.15, 0.2) is 64.3 Å². The molecule has 0 aliphatic heterocycles. The summed E-state index contributed by atoms with van der Waals surface area (Å²) in [7, 11) is -2.53. The Morgan fingerprint density at radius 3 is 2.36 bits per heavy atom. The van der Waals surface area contributed by atoms with Crippen LogP contribution >= 0.6 is 0 Å². The van der Waals surface area contributed by atoms with Gasteiger partial charge in [-0.25, -0.2) is 13.2 Å². The summed E-state index contributed by atoms with van der Waals surface area (Å²) in [5.41, 5.74) is -0.181. The molecule has 0 spiro atoms. The molecule has 2 aromatic carbocycles. The summed E-state index contributed by atoms with van der Waals surface area (Å²) in [5, 5.41) is 2.70. The number of imidazole rings is 1. The number of carbonyl (C=O) groups excluding carboxylic acids is 1. The van der Waals surface area contributed by atoms with Gasteiger partial charge >= 0.3 is 5.69 Å². The van der Waals surface area contributed by atoms with Gasteiger partial charge in [-0.2, -0.15) is 3.97 Å². The highest BCUT2D eigenvalue weighted by Crippen LogP contribution is 2.19. The number of hydrogen-bond donors (Lipinski definition) is 1. The molecule has 1 heterocycles. The summed E-state index contributed by atoms with van der Waals surface area (Å²) < 4.78 is 32.9. The van der Waals surface area contributed by atoms with Gasteiger partial charge in [0.1, 0.15) is 6.54 Å². The van der Waals surface area contributed by atoms with Gasteiger partial charge in [-0.15, -0.1) is 0 Å². The van der Waals surface area contributed by atoms with Crippen LogP contribution in [-0.4, -0.2) is 43.1 Å². The molecule has 1 aromatic heterocycles. The second-order valence-corrected chi connectivity index (χ2v) is 7.92. The molecule has 0 unspecified atom stereocenters. The van der Waals surface area contributed by atoms with Crippen molar-refractivity contribution < 1.29 is 17.9 Å². The molecule has 3 rings (SSSR count). The predicted octanol–water partition coefficient (Wildman–Crippen LogP) is 1.19. The highest BCUT2D eigenvalue weighted by atomic mass is 32.2. The zero-order chi connectivity index (χ0) is 20.1. The zero-order valence-electron chi connectivity index (χ0n) is 15.4. The van der Waals surface area contributed by atoms with E-state index in [9.17, 15) is 18.0 Å². The van der Waals surface area contributed by atoms with Crippen molar-refractivity contribution >= 4 is 27.0 Å². The summed E-state index contributed by atoms with van der Waals surface area (Å²) in [4.78, 5) is 25.2. The van der Waals surface area contributed by atoms with Crippen LogP contribution in [0.25, 0.3) is 11.0 Å². The molecule has 0 radical (unpaired) electrons. The molecule has 3 aromatic rings. The Labute approximate surface area is 162 Å². The van der Waals surface area contributed by atoms with Gasteiger partial charge in [-0.05, 0) is 30.7 Å². The van der Waals surface area contributed by atoms with Crippen LogP contribution in [0, 0.1) is 0 Å². The van der Waals surface area contributed by atoms with Gasteiger partial charge in [-0.3, -0.25) is 9.36 Å². The predicted molar refractivity (Wildman–Crippen MR) is 105 cm³/mol. The van der Waals surface area contributed by atoms with E-state index < -0.39 is 15.7 Å². The number of methoxy groups -OCH3 is 1. The number of nitrogens with zero attached hydrogens (tertiary/aromatic N) is 2. The van der Waals surface area contributed by atoms with E-state index >= 15 is 0 Å². The third-order valence-corrected chi connectivity index (χ3v) is 5.93. The normalized spacial score (nSPS) is 11.6. The fourth-order valence-corrected chi connectivity index (χ4v) is 4.34. The monoisotopic (exact) mass is 403 g/mol. The first-order chi connectivity index (χ1) is 13.5. The van der Waals surface area contributed by atoms with E-state index in [2.05, 4.69) is 5.32 Å². The number of amides is 1. The molecule has 148 valence electrons. The van der Waals surface area contributed by atoms with Gasteiger partial charge in [0, 0.05) is 20.3 Å². The van der Waals surface area contributed by atoms with Crippen molar-refractivity contribution in [3.63, 3.8) is 0 Å². The molecule has 0 aliphatic carbocycles. The first kappa shape index (κ1) is 19.8. The molecule has 0 bridgehead atoms. The van der Waals surface area contributed by atoms with Crippen molar-refractivity contribution in [2.24, 2.45) is 0 Å². The molecule has 1 N–H and O–H groups in total. The smallest absolute Gasteiger partial charge is 0.343 e. The van der Waals surface area contributed by atoms with E-state index in [0.717, 1.165) is 3.97 Å². The molecule has 0 fully saturated rings. The number of para-hydroxylation sites is 2. The first-order valence-corrected chi connectivity index (χ1v) is 10.2. The number of hydrogen-bond acceptors (Lipinski definition) is 5. The Balaban J connectivity index is 2.02. The van der Waals surface area contributed by atoms with Gasteiger partial charge in [0.05, 0.1) is 15.9 Å². The standard InChI is InChI=1S/C19H21N3O5S/c1-27-13-7-12-20-18(23)14-21-16-10-5-6-11-17(16)22(19(21)24)28(25,26)15-8-3-2-4-9-15/h2-6,8-11H,7,12-14H2,1H3,(H,20,23). The van der Waals surface area contributed by atoms with Gasteiger partial charge < -0.3 is 10.1 Å². The van der Waals surface area contributed by atoms with Crippen LogP contribution in [-0.2, 0) is 26.1 Å². The highest BCUT2D eigenvalue weighted by Gasteiger charge is 2.25. The Bertz CT molecular complexity index is 1130. The topological polar surface area (TPSA) is 99.4 Å². The third kappa shape index (κ3) is 3.85. The lowest BCUT2D eigenvalue weighted by molar-refractivity contribution is -0.121. The van der Waals surface area contributed by atoms with Crippen LogP contribution in [0.3, 0.4) is 0 Å². The summed E-state index contributed by atoms with van der Waals surface area (Å²) in [5.74, 6) is -0.377. The van der Waals surface area contributed by atoms with Crippen LogP contribution in [0.2, 0.25) is 0 Å². The van der Waals surface area contributed by atoms with Crippen LogP contribution in [0.5, 0.6) is 0 Å². The van der Waals surface area contributed by atoms with Gasteiger partial charge in [0.25, 0.3) is 10.0 Å². The Hall–Kier alpha value is -2.91. The maximum Gasteiger partial charge on any atom is 0.343 e. The molecule has 1 amide bonds. The quantitative estimate of drug-likeness (QED) is 0.570. The second-order valence-electron chi connectivity index (χ2n) is 6.14. The molecule has 0 atom stereocenters. The van der Waals surface area contributed by atoms with Crippen molar-refractivity contribution in [3.8, 4) is 0 Å². The van der Waals surface area contributed by atoms with Gasteiger partial charge in [0.15, 0.2) is 0 Å². The minimum atomic E-state index is -4.10. The average molecular weight is 403 g/mol. The van der Waals surface area contributed by atoms with E-state index in [1.54, 1.807) is 49.6 Å². The maximum atomic E-state index is 13.0. The highest BCUT2D eigenvalue weighted by molar-refractivity contribution is 7.90. The number of aromatic nitrogens is 2. The fourth-order valence-electron chi connectivity index (χ4n) is 2.91. The Kier molecular flexibility index (Phi) is 5.96. The van der Waals surface area contributed by atoms with Gasteiger partial charge in [-0.1, -0.05) is 30.3 Å². The molecular formula is C19H21N3O5S. The first-order valence-electron chi connectivity index (χ1n) is 8.73. The van der Waals surface area contributed by atoms with E-state index in [-0.39, 0.29) is 22.9 Å². The van der Waals surface area contributed by atoms with Crippen molar-refractivity contribution in [3.05, 3.63) is 65.1 Å². The fraction of sp³-hybridized carbons (Fsp3) is 0.263. The number of carbonyl (C=O) groups is 1. The van der Waals surface area contributed by atoms with Crippen molar-refractivity contribution in [2.45, 2.75) is 17.9 Å². The number of rotatable bonds is 8. The lowest BCUT2D eigenvalue weighted by Crippen LogP contribution is -2.35. The Morgan fingerprint density at radius 1 is 1.04 bits per heavy atom. The van der Waals surface area contributed by atoms with Crippen molar-refractivity contribution in [1.29, 1.82) is 0 Å². The zero-order valence-corrected chi connectivity index (χ0v) is 16.2. The average Bonchev–Trinajstić information content (AvgIpc) is 2.98. The van der Waals surface area contributed by atoms with Crippen LogP contribution in [0.4, 0.5) is 0 Å². The van der Waals surface area contributed by atoms with Crippen molar-refractivity contribution in [2.75, 3.05) is 20.3 Å². The number of benzene rings is 2. The molecule has 0 saturated heterocycles. The largest absolute Gasteiger partial charge is 0.385 e. The minimum absolute atomic E-state index is 0.00372. The summed E-state index contributed by atoms with van der Waals surface area (Å²) in [6, 6.07) is 14.2. The van der Waals surface area contributed by atoms with Crippen LogP contribution in [0.1, 0.15) is 6.42 Å². The Morgan fingerprint density at radius 2 is 1.68 bits per heavy atom. The number of nitrogens with one attached hydrogen (secondary N) is 1. The third-order valence-electron chi connectivity index (χ3n) is 4.23. The molecule has 9 heteroatoms. The number of fused-ring (bicyclic) bond motifs is 1. The van der Waals surface area contributed by atoms with E-state index in [1.165, 1.54) is 16.7 Å². The minimum Gasteiger partial charge on any atom is -0.385 e. The number of ether oxygens (including phenoxy) is 1.